The first-order valence-electron chi connectivity index (χ1n) is 8.10. The highest BCUT2D eigenvalue weighted by Crippen LogP contribution is 2.27. The predicted molar refractivity (Wildman–Crippen MR) is 95.6 cm³/mol. The normalized spacial score (nSPS) is 18.0. The lowest BCUT2D eigenvalue weighted by Crippen LogP contribution is -2.28. The van der Waals surface area contributed by atoms with E-state index in [1.165, 1.54) is 0 Å². The minimum Gasteiger partial charge on any atom is -0.320 e. The van der Waals surface area contributed by atoms with E-state index in [4.69, 9.17) is 0 Å². The van der Waals surface area contributed by atoms with Gasteiger partial charge in [-0.2, -0.15) is 5.10 Å². The number of hydrogen-bond donors (Lipinski definition) is 2. The van der Waals surface area contributed by atoms with E-state index in [1.54, 1.807) is 22.2 Å². The van der Waals surface area contributed by atoms with Crippen molar-refractivity contribution in [2.24, 2.45) is 7.05 Å². The third kappa shape index (κ3) is 2.81. The van der Waals surface area contributed by atoms with Crippen molar-refractivity contribution in [3.63, 3.8) is 0 Å². The topological polar surface area (TPSA) is 71.8 Å². The highest BCUT2D eigenvalue weighted by atomic mass is 32.1. The molecule has 1 aliphatic heterocycles. The minimum atomic E-state index is -0.169. The number of thiazole rings is 1. The number of rotatable bonds is 3. The second-order valence-electron chi connectivity index (χ2n) is 6.07. The molecule has 0 bridgehead atoms. The molecular formula is C17H19N5OS. The van der Waals surface area contributed by atoms with Gasteiger partial charge in [-0.25, -0.2) is 4.98 Å². The zero-order valence-corrected chi connectivity index (χ0v) is 14.3. The molecule has 3 heterocycles. The maximum absolute atomic E-state index is 12.6. The van der Waals surface area contributed by atoms with Crippen molar-refractivity contribution in [1.82, 2.24) is 20.1 Å². The summed E-state index contributed by atoms with van der Waals surface area (Å²) in [4.78, 5) is 17.1. The van der Waals surface area contributed by atoms with Crippen LogP contribution in [-0.2, 0) is 7.05 Å². The fraction of sp³-hybridized carbons (Fsp3) is 0.353. The fourth-order valence-electron chi connectivity index (χ4n) is 3.11. The molecule has 1 amide bonds. The molecule has 1 aliphatic rings. The van der Waals surface area contributed by atoms with Gasteiger partial charge in [0, 0.05) is 30.3 Å². The lowest BCUT2D eigenvalue weighted by Gasteiger charge is -2.20. The van der Waals surface area contributed by atoms with E-state index < -0.39 is 0 Å². The van der Waals surface area contributed by atoms with Crippen LogP contribution in [-0.4, -0.2) is 33.8 Å². The Bertz CT molecular complexity index is 878. The van der Waals surface area contributed by atoms with Gasteiger partial charge in [-0.15, -0.1) is 11.3 Å². The van der Waals surface area contributed by atoms with Gasteiger partial charge < -0.3 is 10.6 Å². The fourth-order valence-corrected chi connectivity index (χ4v) is 4.05. The Labute approximate surface area is 143 Å². The molecule has 124 valence electrons. The number of nitrogens with zero attached hydrogens (tertiary/aromatic N) is 3. The zero-order chi connectivity index (χ0) is 16.5. The maximum atomic E-state index is 12.6. The quantitative estimate of drug-likeness (QED) is 0.768. The number of anilines is 1. The molecule has 24 heavy (non-hydrogen) atoms. The van der Waals surface area contributed by atoms with Gasteiger partial charge in [-0.3, -0.25) is 9.48 Å². The number of fused-ring (bicyclic) bond motifs is 1. The standard InChI is InChI=1S/C17H19N5OS/c1-22-15-6-2-5-13(12(15)9-19-22)20-16(23)14-10-24-17(21-14)11-4-3-7-18-8-11/h2,5-6,9-11,18H,3-4,7-8H2,1H3,(H,20,23). The number of nitrogens with one attached hydrogen (secondary N) is 2. The summed E-state index contributed by atoms with van der Waals surface area (Å²) < 4.78 is 1.79. The van der Waals surface area contributed by atoms with Crippen molar-refractivity contribution in [1.29, 1.82) is 0 Å². The van der Waals surface area contributed by atoms with E-state index in [9.17, 15) is 4.79 Å². The van der Waals surface area contributed by atoms with Crippen LogP contribution >= 0.6 is 11.3 Å². The van der Waals surface area contributed by atoms with Gasteiger partial charge in [0.2, 0.25) is 0 Å². The van der Waals surface area contributed by atoms with Crippen molar-refractivity contribution in [2.45, 2.75) is 18.8 Å². The summed E-state index contributed by atoms with van der Waals surface area (Å²) in [6, 6.07) is 5.79. The summed E-state index contributed by atoms with van der Waals surface area (Å²) in [5, 5.41) is 14.4. The van der Waals surface area contributed by atoms with Gasteiger partial charge in [0.25, 0.3) is 5.91 Å². The van der Waals surface area contributed by atoms with Gasteiger partial charge in [-0.05, 0) is 31.5 Å². The summed E-state index contributed by atoms with van der Waals surface area (Å²) in [5.41, 5.74) is 2.24. The van der Waals surface area contributed by atoms with Gasteiger partial charge >= 0.3 is 0 Å². The molecule has 0 saturated carbocycles. The van der Waals surface area contributed by atoms with Crippen LogP contribution in [0.4, 0.5) is 5.69 Å². The lowest BCUT2D eigenvalue weighted by molar-refractivity contribution is 0.102. The minimum absolute atomic E-state index is 0.169. The van der Waals surface area contributed by atoms with Gasteiger partial charge in [0.15, 0.2) is 0 Å². The average Bonchev–Trinajstić information content (AvgIpc) is 3.24. The molecule has 1 unspecified atom stereocenters. The third-order valence-corrected chi connectivity index (χ3v) is 5.45. The van der Waals surface area contributed by atoms with Crippen LogP contribution in [0.3, 0.4) is 0 Å². The summed E-state index contributed by atoms with van der Waals surface area (Å²) >= 11 is 1.57. The number of aryl methyl sites for hydroxylation is 1. The number of benzene rings is 1. The van der Waals surface area contributed by atoms with Crippen molar-refractivity contribution >= 4 is 33.8 Å². The molecule has 1 saturated heterocycles. The number of piperidine rings is 1. The highest BCUT2D eigenvalue weighted by molar-refractivity contribution is 7.10. The monoisotopic (exact) mass is 341 g/mol. The number of amides is 1. The maximum Gasteiger partial charge on any atom is 0.275 e. The van der Waals surface area contributed by atoms with Crippen LogP contribution in [0, 0.1) is 0 Å². The number of carbonyl (C=O) groups is 1. The molecule has 2 N–H and O–H groups in total. The molecule has 1 fully saturated rings. The molecule has 0 aliphatic carbocycles. The highest BCUT2D eigenvalue weighted by Gasteiger charge is 2.20. The Kier molecular flexibility index (Phi) is 4.03. The Morgan fingerprint density at radius 1 is 1.46 bits per heavy atom. The first kappa shape index (κ1) is 15.3. The van der Waals surface area contributed by atoms with Gasteiger partial charge in [0.05, 0.1) is 22.4 Å². The van der Waals surface area contributed by atoms with Crippen molar-refractivity contribution < 1.29 is 4.79 Å². The van der Waals surface area contributed by atoms with E-state index in [-0.39, 0.29) is 5.91 Å². The Balaban J connectivity index is 1.54. The van der Waals surface area contributed by atoms with Crippen LogP contribution in [0.5, 0.6) is 0 Å². The van der Waals surface area contributed by atoms with E-state index in [1.807, 2.05) is 30.6 Å². The third-order valence-electron chi connectivity index (χ3n) is 4.44. The molecule has 0 radical (unpaired) electrons. The first-order chi connectivity index (χ1) is 11.7. The van der Waals surface area contributed by atoms with E-state index in [2.05, 4.69) is 20.7 Å². The lowest BCUT2D eigenvalue weighted by atomic mass is 10.0. The Morgan fingerprint density at radius 2 is 2.38 bits per heavy atom. The van der Waals surface area contributed by atoms with Crippen LogP contribution in [0.1, 0.15) is 34.3 Å². The van der Waals surface area contributed by atoms with E-state index >= 15 is 0 Å². The summed E-state index contributed by atoms with van der Waals surface area (Å²) in [6.45, 7) is 2.02. The molecule has 7 heteroatoms. The van der Waals surface area contributed by atoms with Crippen molar-refractivity contribution in [3.8, 4) is 0 Å². The van der Waals surface area contributed by atoms with Crippen LogP contribution in [0.2, 0.25) is 0 Å². The molecule has 4 rings (SSSR count). The molecule has 2 aromatic heterocycles. The molecule has 0 spiro atoms. The van der Waals surface area contributed by atoms with Crippen LogP contribution in [0.15, 0.2) is 29.8 Å². The van der Waals surface area contributed by atoms with Gasteiger partial charge in [-0.1, -0.05) is 6.07 Å². The largest absolute Gasteiger partial charge is 0.320 e. The van der Waals surface area contributed by atoms with Gasteiger partial charge in [0.1, 0.15) is 5.69 Å². The smallest absolute Gasteiger partial charge is 0.275 e. The first-order valence-corrected chi connectivity index (χ1v) is 8.98. The summed E-state index contributed by atoms with van der Waals surface area (Å²) in [7, 11) is 1.89. The Morgan fingerprint density at radius 3 is 3.21 bits per heavy atom. The van der Waals surface area contributed by atoms with Crippen molar-refractivity contribution in [2.75, 3.05) is 18.4 Å². The zero-order valence-electron chi connectivity index (χ0n) is 13.5. The predicted octanol–water partition coefficient (Wildman–Crippen LogP) is 2.75. The molecule has 6 nitrogen and oxygen atoms in total. The summed E-state index contributed by atoms with van der Waals surface area (Å²) in [6.07, 6.45) is 4.07. The number of hydrogen-bond acceptors (Lipinski definition) is 5. The number of carbonyl (C=O) groups excluding carboxylic acids is 1. The molecule has 1 aromatic carbocycles. The molecule has 1 atom stereocenters. The second kappa shape index (κ2) is 6.33. The molecular weight excluding hydrogens is 322 g/mol. The second-order valence-corrected chi connectivity index (χ2v) is 6.96. The molecule has 3 aromatic rings. The van der Waals surface area contributed by atoms with Crippen LogP contribution in [0.25, 0.3) is 10.9 Å². The van der Waals surface area contributed by atoms with E-state index in [0.29, 0.717) is 11.6 Å². The van der Waals surface area contributed by atoms with E-state index in [0.717, 1.165) is 47.5 Å². The summed E-state index contributed by atoms with van der Waals surface area (Å²) in [5.74, 6) is 0.254. The van der Waals surface area contributed by atoms with Crippen molar-refractivity contribution in [3.05, 3.63) is 40.5 Å². The number of aromatic nitrogens is 3. The Hall–Kier alpha value is -2.25. The average molecular weight is 341 g/mol. The van der Waals surface area contributed by atoms with Crippen LogP contribution < -0.4 is 10.6 Å². The SMILES string of the molecule is Cn1ncc2c(NC(=O)c3csc(C4CCCNC4)n3)cccc21.